The van der Waals surface area contributed by atoms with E-state index in [1.165, 1.54) is 5.56 Å². The van der Waals surface area contributed by atoms with Crippen molar-refractivity contribution in [2.75, 3.05) is 0 Å². The quantitative estimate of drug-likeness (QED) is 0.852. The van der Waals surface area contributed by atoms with Crippen LogP contribution >= 0.6 is 15.9 Å². The first-order valence-electron chi connectivity index (χ1n) is 5.28. The molecule has 0 aliphatic heterocycles. The second-order valence-corrected chi connectivity index (χ2v) is 4.69. The summed E-state index contributed by atoms with van der Waals surface area (Å²) >= 11 is 3.40. The molecule has 3 nitrogen and oxygen atoms in total. The number of imidazole rings is 1. The lowest BCUT2D eigenvalue weighted by molar-refractivity contribution is 0.861. The third-order valence-corrected chi connectivity index (χ3v) is 3.32. The SMILES string of the molecule is Cc1cccc(-c2nc(Br)c(CC#N)n2C)c1. The summed E-state index contributed by atoms with van der Waals surface area (Å²) in [4.78, 5) is 4.47. The minimum absolute atomic E-state index is 0.357. The van der Waals surface area contributed by atoms with Crippen LogP contribution in [0.3, 0.4) is 0 Å². The Morgan fingerprint density at radius 1 is 1.47 bits per heavy atom. The zero-order chi connectivity index (χ0) is 12.4. The van der Waals surface area contributed by atoms with Crippen molar-refractivity contribution in [3.05, 3.63) is 40.1 Å². The molecule has 86 valence electrons. The van der Waals surface area contributed by atoms with Gasteiger partial charge in [0.25, 0.3) is 0 Å². The maximum absolute atomic E-state index is 8.78. The molecule has 0 spiro atoms. The lowest BCUT2D eigenvalue weighted by atomic mass is 10.1. The standard InChI is InChI=1S/C13H12BrN3/c1-9-4-3-5-10(8-9)13-16-12(14)11(6-7-15)17(13)2/h3-5,8H,6H2,1-2H3. The number of rotatable bonds is 2. The van der Waals surface area contributed by atoms with Gasteiger partial charge in [-0.3, -0.25) is 0 Å². The van der Waals surface area contributed by atoms with Crippen LogP contribution < -0.4 is 0 Å². The highest BCUT2D eigenvalue weighted by atomic mass is 79.9. The number of nitrogens with zero attached hydrogens (tertiary/aromatic N) is 3. The lowest BCUT2D eigenvalue weighted by Crippen LogP contribution is -1.98. The largest absolute Gasteiger partial charge is 0.329 e. The van der Waals surface area contributed by atoms with Crippen molar-refractivity contribution in [1.29, 1.82) is 5.26 Å². The molecule has 0 aliphatic rings. The average molecular weight is 290 g/mol. The summed E-state index contributed by atoms with van der Waals surface area (Å²) in [7, 11) is 1.93. The fourth-order valence-electron chi connectivity index (χ4n) is 1.81. The molecule has 4 heteroatoms. The molecular weight excluding hydrogens is 278 g/mol. The summed E-state index contributed by atoms with van der Waals surface area (Å²) in [5.74, 6) is 0.880. The van der Waals surface area contributed by atoms with E-state index < -0.39 is 0 Å². The lowest BCUT2D eigenvalue weighted by Gasteiger charge is -2.04. The molecule has 0 fully saturated rings. The number of nitriles is 1. The first-order valence-corrected chi connectivity index (χ1v) is 6.08. The van der Waals surface area contributed by atoms with Crippen LogP contribution in [-0.2, 0) is 13.5 Å². The molecule has 1 aromatic heterocycles. The first kappa shape index (κ1) is 11.9. The molecule has 1 heterocycles. The molecule has 0 saturated carbocycles. The van der Waals surface area contributed by atoms with Crippen molar-refractivity contribution in [3.8, 4) is 17.5 Å². The molecule has 0 saturated heterocycles. The van der Waals surface area contributed by atoms with E-state index in [2.05, 4.69) is 46.0 Å². The molecule has 0 bridgehead atoms. The summed E-state index contributed by atoms with van der Waals surface area (Å²) in [6.07, 6.45) is 0.357. The van der Waals surface area contributed by atoms with E-state index in [0.717, 1.165) is 21.7 Å². The highest BCUT2D eigenvalue weighted by molar-refractivity contribution is 9.10. The minimum Gasteiger partial charge on any atom is -0.329 e. The third-order valence-electron chi connectivity index (χ3n) is 2.69. The van der Waals surface area contributed by atoms with Crippen molar-refractivity contribution in [2.24, 2.45) is 7.05 Å². The van der Waals surface area contributed by atoms with Gasteiger partial charge in [-0.25, -0.2) is 4.98 Å². The molecule has 0 radical (unpaired) electrons. The number of hydrogen-bond acceptors (Lipinski definition) is 2. The molecule has 0 aliphatic carbocycles. The average Bonchev–Trinajstić information content (AvgIpc) is 2.57. The fourth-order valence-corrected chi connectivity index (χ4v) is 2.38. The van der Waals surface area contributed by atoms with E-state index in [-0.39, 0.29) is 0 Å². The van der Waals surface area contributed by atoms with Gasteiger partial charge in [-0.1, -0.05) is 23.8 Å². The normalized spacial score (nSPS) is 10.2. The van der Waals surface area contributed by atoms with Crippen molar-refractivity contribution in [2.45, 2.75) is 13.3 Å². The van der Waals surface area contributed by atoms with Gasteiger partial charge in [-0.2, -0.15) is 5.26 Å². The predicted molar refractivity (Wildman–Crippen MR) is 70.4 cm³/mol. The molecule has 0 N–H and O–H groups in total. The number of benzene rings is 1. The Balaban J connectivity index is 2.54. The minimum atomic E-state index is 0.357. The first-order chi connectivity index (χ1) is 8.13. The second-order valence-electron chi connectivity index (χ2n) is 3.94. The van der Waals surface area contributed by atoms with Crippen molar-refractivity contribution in [1.82, 2.24) is 9.55 Å². The Morgan fingerprint density at radius 2 is 2.24 bits per heavy atom. The predicted octanol–water partition coefficient (Wildman–Crippen LogP) is 3.22. The van der Waals surface area contributed by atoms with Crippen LogP contribution in [0, 0.1) is 18.3 Å². The van der Waals surface area contributed by atoms with Crippen LogP contribution in [0.2, 0.25) is 0 Å². The van der Waals surface area contributed by atoms with Gasteiger partial charge in [0.15, 0.2) is 0 Å². The van der Waals surface area contributed by atoms with E-state index in [1.54, 1.807) is 0 Å². The van der Waals surface area contributed by atoms with E-state index in [4.69, 9.17) is 5.26 Å². The number of aromatic nitrogens is 2. The number of halogens is 1. The highest BCUT2D eigenvalue weighted by Gasteiger charge is 2.13. The third kappa shape index (κ3) is 2.25. The van der Waals surface area contributed by atoms with Gasteiger partial charge in [0.2, 0.25) is 0 Å². The summed E-state index contributed by atoms with van der Waals surface area (Å²) in [5.41, 5.74) is 3.17. The summed E-state index contributed by atoms with van der Waals surface area (Å²) in [6.45, 7) is 2.05. The summed E-state index contributed by atoms with van der Waals surface area (Å²) in [6, 6.07) is 10.3. The van der Waals surface area contributed by atoms with Crippen molar-refractivity contribution in [3.63, 3.8) is 0 Å². The second kappa shape index (κ2) is 4.72. The Kier molecular flexibility index (Phi) is 3.30. The Hall–Kier alpha value is -1.60. The fraction of sp³-hybridized carbons (Fsp3) is 0.231. The Bertz CT molecular complexity index is 593. The summed E-state index contributed by atoms with van der Waals surface area (Å²) < 4.78 is 2.71. The Labute approximate surface area is 109 Å². The van der Waals surface area contributed by atoms with Gasteiger partial charge < -0.3 is 4.57 Å². The molecule has 0 atom stereocenters. The van der Waals surface area contributed by atoms with Crippen LogP contribution in [0.4, 0.5) is 0 Å². The van der Waals surface area contributed by atoms with Gasteiger partial charge in [0, 0.05) is 12.6 Å². The Morgan fingerprint density at radius 3 is 2.88 bits per heavy atom. The molecule has 0 unspecified atom stereocenters. The highest BCUT2D eigenvalue weighted by Crippen LogP contribution is 2.25. The molecule has 1 aromatic carbocycles. The molecular formula is C13H12BrN3. The van der Waals surface area contributed by atoms with Crippen LogP contribution in [0.5, 0.6) is 0 Å². The number of hydrogen-bond donors (Lipinski definition) is 0. The molecule has 0 amide bonds. The van der Waals surface area contributed by atoms with Gasteiger partial charge >= 0.3 is 0 Å². The maximum Gasteiger partial charge on any atom is 0.141 e. The zero-order valence-electron chi connectivity index (χ0n) is 9.74. The number of aryl methyl sites for hydroxylation is 1. The molecule has 2 rings (SSSR count). The van der Waals surface area contributed by atoms with Gasteiger partial charge in [-0.15, -0.1) is 0 Å². The summed E-state index contributed by atoms with van der Waals surface area (Å²) in [5, 5.41) is 8.78. The van der Waals surface area contributed by atoms with Crippen LogP contribution in [-0.4, -0.2) is 9.55 Å². The maximum atomic E-state index is 8.78. The monoisotopic (exact) mass is 289 g/mol. The topological polar surface area (TPSA) is 41.6 Å². The van der Waals surface area contributed by atoms with E-state index in [9.17, 15) is 0 Å². The van der Waals surface area contributed by atoms with Gasteiger partial charge in [0.05, 0.1) is 18.2 Å². The van der Waals surface area contributed by atoms with Crippen molar-refractivity contribution >= 4 is 15.9 Å². The van der Waals surface area contributed by atoms with E-state index in [1.807, 2.05) is 23.7 Å². The van der Waals surface area contributed by atoms with Gasteiger partial charge in [-0.05, 0) is 28.9 Å². The van der Waals surface area contributed by atoms with Crippen molar-refractivity contribution < 1.29 is 0 Å². The smallest absolute Gasteiger partial charge is 0.141 e. The van der Waals surface area contributed by atoms with E-state index >= 15 is 0 Å². The van der Waals surface area contributed by atoms with Crippen LogP contribution in [0.1, 0.15) is 11.3 Å². The molecule has 17 heavy (non-hydrogen) atoms. The van der Waals surface area contributed by atoms with Crippen LogP contribution in [0.15, 0.2) is 28.9 Å². The van der Waals surface area contributed by atoms with E-state index in [0.29, 0.717) is 6.42 Å². The van der Waals surface area contributed by atoms with Crippen LogP contribution in [0.25, 0.3) is 11.4 Å². The zero-order valence-corrected chi connectivity index (χ0v) is 11.3. The molecule has 2 aromatic rings. The van der Waals surface area contributed by atoms with Gasteiger partial charge in [0.1, 0.15) is 10.4 Å².